The molecule has 1 rings (SSSR count). The first kappa shape index (κ1) is 12.8. The normalized spacial score (nSPS) is 27.5. The third-order valence-corrected chi connectivity index (χ3v) is 3.66. The van der Waals surface area contributed by atoms with E-state index in [4.69, 9.17) is 11.6 Å². The molecule has 4 heteroatoms. The number of aliphatic hydroxyl groups excluding tert-OH is 1. The Bertz CT molecular complexity index is 231. The summed E-state index contributed by atoms with van der Waals surface area (Å²) in [7, 11) is 0. The van der Waals surface area contributed by atoms with Crippen LogP contribution in [0, 0.1) is 5.41 Å². The predicted octanol–water partition coefficient (Wildman–Crippen LogP) is 1.67. The van der Waals surface area contributed by atoms with Crippen LogP contribution in [0.25, 0.3) is 0 Å². The molecular weight excluding hydrogens is 214 g/mol. The summed E-state index contributed by atoms with van der Waals surface area (Å²) in [6, 6.07) is -0.0891. The molecule has 0 unspecified atom stereocenters. The Balaban J connectivity index is 2.50. The molecule has 0 aromatic heterocycles. The molecule has 0 aromatic carbocycles. The van der Waals surface area contributed by atoms with Crippen LogP contribution in [0.3, 0.4) is 0 Å². The maximum absolute atomic E-state index is 11.8. The Morgan fingerprint density at radius 3 is 2.60 bits per heavy atom. The molecule has 1 amide bonds. The van der Waals surface area contributed by atoms with Gasteiger partial charge in [0, 0.05) is 5.88 Å². The number of rotatable bonds is 3. The van der Waals surface area contributed by atoms with Gasteiger partial charge in [-0.1, -0.05) is 12.8 Å². The van der Waals surface area contributed by atoms with Crippen LogP contribution < -0.4 is 5.32 Å². The Morgan fingerprint density at radius 1 is 1.47 bits per heavy atom. The molecule has 0 heterocycles. The monoisotopic (exact) mass is 233 g/mol. The number of amides is 1. The molecule has 0 saturated heterocycles. The first-order valence-electron chi connectivity index (χ1n) is 5.52. The van der Waals surface area contributed by atoms with E-state index in [0.29, 0.717) is 5.88 Å². The average molecular weight is 234 g/mol. The van der Waals surface area contributed by atoms with E-state index in [0.717, 1.165) is 25.7 Å². The molecule has 0 aromatic rings. The lowest BCUT2D eigenvalue weighted by atomic mass is 9.90. The van der Waals surface area contributed by atoms with Crippen molar-refractivity contribution < 1.29 is 9.90 Å². The molecule has 3 nitrogen and oxygen atoms in total. The van der Waals surface area contributed by atoms with Crippen LogP contribution in [0.15, 0.2) is 0 Å². The van der Waals surface area contributed by atoms with E-state index in [2.05, 4.69) is 5.32 Å². The number of nitrogens with one attached hydrogen (secondary N) is 1. The minimum Gasteiger partial charge on any atom is -0.391 e. The number of halogens is 1. The largest absolute Gasteiger partial charge is 0.391 e. The van der Waals surface area contributed by atoms with Crippen molar-refractivity contribution >= 4 is 17.5 Å². The SMILES string of the molecule is CC(C)(CCl)C(=O)N[C@@H]1CCCC[C@H]1O. The van der Waals surface area contributed by atoms with E-state index in [-0.39, 0.29) is 11.9 Å². The number of aliphatic hydroxyl groups is 1. The van der Waals surface area contributed by atoms with Gasteiger partial charge in [-0.25, -0.2) is 0 Å². The van der Waals surface area contributed by atoms with Crippen molar-refractivity contribution in [2.75, 3.05) is 5.88 Å². The van der Waals surface area contributed by atoms with Gasteiger partial charge in [-0.3, -0.25) is 4.79 Å². The summed E-state index contributed by atoms with van der Waals surface area (Å²) < 4.78 is 0. The van der Waals surface area contributed by atoms with Gasteiger partial charge in [0.1, 0.15) is 0 Å². The van der Waals surface area contributed by atoms with Gasteiger partial charge in [0.15, 0.2) is 0 Å². The zero-order chi connectivity index (χ0) is 11.5. The number of carbonyl (C=O) groups is 1. The zero-order valence-corrected chi connectivity index (χ0v) is 10.2. The van der Waals surface area contributed by atoms with Crippen molar-refractivity contribution in [1.29, 1.82) is 0 Å². The Morgan fingerprint density at radius 2 is 2.07 bits per heavy atom. The van der Waals surface area contributed by atoms with E-state index < -0.39 is 11.5 Å². The first-order valence-corrected chi connectivity index (χ1v) is 6.06. The van der Waals surface area contributed by atoms with Crippen molar-refractivity contribution in [3.8, 4) is 0 Å². The van der Waals surface area contributed by atoms with Crippen LogP contribution in [0.5, 0.6) is 0 Å². The fraction of sp³-hybridized carbons (Fsp3) is 0.909. The molecule has 1 aliphatic rings. The number of carbonyl (C=O) groups excluding carboxylic acids is 1. The third-order valence-electron chi connectivity index (χ3n) is 2.99. The molecule has 0 bridgehead atoms. The van der Waals surface area contributed by atoms with Crippen molar-refractivity contribution in [3.05, 3.63) is 0 Å². The molecule has 88 valence electrons. The first-order chi connectivity index (χ1) is 6.97. The summed E-state index contributed by atoms with van der Waals surface area (Å²) in [4.78, 5) is 11.8. The molecule has 15 heavy (non-hydrogen) atoms. The number of alkyl halides is 1. The second kappa shape index (κ2) is 5.17. The lowest BCUT2D eigenvalue weighted by Crippen LogP contribution is -2.49. The van der Waals surface area contributed by atoms with E-state index in [1.807, 2.05) is 13.8 Å². The van der Waals surface area contributed by atoms with Gasteiger partial charge in [0.2, 0.25) is 5.91 Å². The highest BCUT2D eigenvalue weighted by Gasteiger charge is 2.31. The van der Waals surface area contributed by atoms with Crippen molar-refractivity contribution in [1.82, 2.24) is 5.32 Å². The highest BCUT2D eigenvalue weighted by atomic mass is 35.5. The van der Waals surface area contributed by atoms with Crippen molar-refractivity contribution in [2.24, 2.45) is 5.41 Å². The van der Waals surface area contributed by atoms with E-state index in [1.54, 1.807) is 0 Å². The lowest BCUT2D eigenvalue weighted by molar-refractivity contribution is -0.130. The molecule has 0 radical (unpaired) electrons. The van der Waals surface area contributed by atoms with Crippen molar-refractivity contribution in [3.63, 3.8) is 0 Å². The molecule has 0 spiro atoms. The average Bonchev–Trinajstić information content (AvgIpc) is 2.21. The van der Waals surface area contributed by atoms with Gasteiger partial charge < -0.3 is 10.4 Å². The number of hydrogen-bond acceptors (Lipinski definition) is 2. The molecule has 2 atom stereocenters. The van der Waals surface area contributed by atoms with Gasteiger partial charge in [-0.2, -0.15) is 0 Å². The summed E-state index contributed by atoms with van der Waals surface area (Å²) in [6.45, 7) is 3.62. The quantitative estimate of drug-likeness (QED) is 0.729. The minimum absolute atomic E-state index is 0.0662. The summed E-state index contributed by atoms with van der Waals surface area (Å²) >= 11 is 5.72. The van der Waals surface area contributed by atoms with Gasteiger partial charge in [0.25, 0.3) is 0 Å². The summed E-state index contributed by atoms with van der Waals surface area (Å²) in [5.41, 5.74) is -0.557. The summed E-state index contributed by atoms with van der Waals surface area (Å²) in [5.74, 6) is 0.227. The van der Waals surface area contributed by atoms with E-state index in [9.17, 15) is 9.90 Å². The van der Waals surface area contributed by atoms with Gasteiger partial charge >= 0.3 is 0 Å². The Labute approximate surface area is 96.2 Å². The zero-order valence-electron chi connectivity index (χ0n) is 9.42. The smallest absolute Gasteiger partial charge is 0.227 e. The Hall–Kier alpha value is -0.280. The number of hydrogen-bond donors (Lipinski definition) is 2. The molecule has 1 aliphatic carbocycles. The molecule has 1 fully saturated rings. The molecule has 0 aliphatic heterocycles. The minimum atomic E-state index is -0.557. The molecule has 1 saturated carbocycles. The lowest BCUT2D eigenvalue weighted by Gasteiger charge is -2.31. The fourth-order valence-electron chi connectivity index (χ4n) is 1.70. The fourth-order valence-corrected chi connectivity index (χ4v) is 1.83. The molecular formula is C11H20ClNO2. The van der Waals surface area contributed by atoms with Crippen molar-refractivity contribution in [2.45, 2.75) is 51.7 Å². The maximum Gasteiger partial charge on any atom is 0.227 e. The highest BCUT2D eigenvalue weighted by molar-refractivity contribution is 6.19. The Kier molecular flexibility index (Phi) is 4.41. The standard InChI is InChI=1S/C11H20ClNO2/c1-11(2,7-12)10(15)13-8-5-3-4-6-9(8)14/h8-9,14H,3-7H2,1-2H3,(H,13,15)/t8-,9-/m1/s1. The predicted molar refractivity (Wildman–Crippen MR) is 60.9 cm³/mol. The second-order valence-electron chi connectivity index (χ2n) is 4.95. The van der Waals surface area contributed by atoms with E-state index in [1.165, 1.54) is 0 Å². The van der Waals surface area contributed by atoms with E-state index >= 15 is 0 Å². The van der Waals surface area contributed by atoms with Crippen LogP contribution in [-0.2, 0) is 4.79 Å². The third kappa shape index (κ3) is 3.35. The van der Waals surface area contributed by atoms with Gasteiger partial charge in [-0.15, -0.1) is 11.6 Å². The second-order valence-corrected chi connectivity index (χ2v) is 5.22. The summed E-state index contributed by atoms with van der Waals surface area (Å²) in [6.07, 6.45) is 3.38. The van der Waals surface area contributed by atoms with Crippen LogP contribution in [0.1, 0.15) is 39.5 Å². The van der Waals surface area contributed by atoms with Gasteiger partial charge in [0.05, 0.1) is 17.6 Å². The van der Waals surface area contributed by atoms with Gasteiger partial charge in [-0.05, 0) is 26.7 Å². The summed E-state index contributed by atoms with van der Waals surface area (Å²) in [5, 5.41) is 12.6. The van der Waals surface area contributed by atoms with Crippen LogP contribution in [0.4, 0.5) is 0 Å². The topological polar surface area (TPSA) is 49.3 Å². The highest BCUT2D eigenvalue weighted by Crippen LogP contribution is 2.22. The van der Waals surface area contributed by atoms with Crippen LogP contribution in [-0.4, -0.2) is 29.0 Å². The van der Waals surface area contributed by atoms with Crippen LogP contribution >= 0.6 is 11.6 Å². The van der Waals surface area contributed by atoms with Crippen LogP contribution in [0.2, 0.25) is 0 Å². The molecule has 2 N–H and O–H groups in total. The maximum atomic E-state index is 11.8.